The van der Waals surface area contributed by atoms with E-state index in [4.69, 9.17) is 14.2 Å². The predicted octanol–water partition coefficient (Wildman–Crippen LogP) is 16.3. The van der Waals surface area contributed by atoms with Crippen molar-refractivity contribution in [1.29, 1.82) is 0 Å². The second-order valence-electron chi connectivity index (χ2n) is 16.3. The Hall–Kier alpha value is -3.15. The van der Waals surface area contributed by atoms with Crippen molar-refractivity contribution in [3.05, 3.63) is 72.9 Å². The van der Waals surface area contributed by atoms with Gasteiger partial charge in [-0.25, -0.2) is 0 Å². The topological polar surface area (TPSA) is 78.9 Å². The van der Waals surface area contributed by atoms with E-state index in [-0.39, 0.29) is 37.5 Å². The van der Waals surface area contributed by atoms with E-state index in [0.29, 0.717) is 19.3 Å². The molecule has 0 saturated heterocycles. The van der Waals surface area contributed by atoms with Crippen molar-refractivity contribution in [2.24, 2.45) is 0 Å². The van der Waals surface area contributed by atoms with E-state index in [9.17, 15) is 14.4 Å². The summed E-state index contributed by atoms with van der Waals surface area (Å²) in [7, 11) is 0. The summed E-state index contributed by atoms with van der Waals surface area (Å²) in [6.07, 6.45) is 60.3. The second-order valence-corrected chi connectivity index (χ2v) is 16.3. The molecule has 0 aliphatic heterocycles. The standard InChI is InChI=1S/C54H92O6/c1-4-7-10-13-16-19-22-24-26-27-29-30-32-35-38-41-44-47-53(56)59-50-51(49-58-52(55)46-43-40-37-34-21-18-15-12-9-6-3)60-54(57)48-45-42-39-36-33-31-28-25-23-20-17-14-11-8-5-2/h7,10,16,19-20,23-24,26,29-30,35,38,51H,4-6,8-9,11-15,17-18,21-22,25,27-28,31-34,36-37,39-50H2,1-3H3/b10-7-,19-16-,23-20-,26-24-,30-29-,38-35-. The molecule has 1 unspecified atom stereocenters. The number of hydrogen-bond donors (Lipinski definition) is 0. The molecule has 0 aliphatic carbocycles. The molecule has 0 heterocycles. The monoisotopic (exact) mass is 837 g/mol. The van der Waals surface area contributed by atoms with Crippen molar-refractivity contribution in [2.75, 3.05) is 13.2 Å². The number of allylic oxidation sites excluding steroid dienone is 12. The molecule has 0 saturated carbocycles. The Morgan fingerprint density at radius 1 is 0.350 bits per heavy atom. The quantitative estimate of drug-likeness (QED) is 0.0263. The Morgan fingerprint density at radius 3 is 1.12 bits per heavy atom. The fourth-order valence-electron chi connectivity index (χ4n) is 6.71. The van der Waals surface area contributed by atoms with E-state index < -0.39 is 6.10 Å². The molecule has 0 spiro atoms. The summed E-state index contributed by atoms with van der Waals surface area (Å²) in [5.74, 6) is -0.961. The van der Waals surface area contributed by atoms with Crippen molar-refractivity contribution in [1.82, 2.24) is 0 Å². The average molecular weight is 837 g/mol. The van der Waals surface area contributed by atoms with Crippen LogP contribution in [0.3, 0.4) is 0 Å². The van der Waals surface area contributed by atoms with E-state index in [1.807, 2.05) is 0 Å². The summed E-state index contributed by atoms with van der Waals surface area (Å²) in [6.45, 7) is 6.44. The van der Waals surface area contributed by atoms with Gasteiger partial charge in [0.2, 0.25) is 0 Å². The van der Waals surface area contributed by atoms with Gasteiger partial charge in [0.25, 0.3) is 0 Å². The number of hydrogen-bond acceptors (Lipinski definition) is 6. The van der Waals surface area contributed by atoms with Crippen LogP contribution < -0.4 is 0 Å². The Bertz CT molecular complexity index is 1140. The molecular weight excluding hydrogens is 745 g/mol. The summed E-state index contributed by atoms with van der Waals surface area (Å²) in [5.41, 5.74) is 0. The van der Waals surface area contributed by atoms with Crippen molar-refractivity contribution < 1.29 is 28.6 Å². The van der Waals surface area contributed by atoms with Gasteiger partial charge in [-0.05, 0) is 83.5 Å². The third-order valence-corrected chi connectivity index (χ3v) is 10.4. The lowest BCUT2D eigenvalue weighted by atomic mass is 10.1. The van der Waals surface area contributed by atoms with Gasteiger partial charge in [-0.3, -0.25) is 14.4 Å². The smallest absolute Gasteiger partial charge is 0.306 e. The highest BCUT2D eigenvalue weighted by Gasteiger charge is 2.19. The summed E-state index contributed by atoms with van der Waals surface area (Å²) < 4.78 is 16.7. The van der Waals surface area contributed by atoms with Gasteiger partial charge in [-0.2, -0.15) is 0 Å². The van der Waals surface area contributed by atoms with Crippen molar-refractivity contribution >= 4 is 17.9 Å². The highest BCUT2D eigenvalue weighted by Crippen LogP contribution is 2.14. The largest absolute Gasteiger partial charge is 0.462 e. The SMILES string of the molecule is CC/C=C\C/C=C\C/C=C\C/C=C\C/C=C\CCCC(=O)OCC(COC(=O)CCCCCCCCCCCC)OC(=O)CCCCCCCCC/C=C\CCCCCC. The zero-order chi connectivity index (χ0) is 43.7. The van der Waals surface area contributed by atoms with Gasteiger partial charge in [0.05, 0.1) is 0 Å². The molecule has 0 rings (SSSR count). The lowest BCUT2D eigenvalue weighted by Crippen LogP contribution is -2.30. The fraction of sp³-hybridized carbons (Fsp3) is 0.722. The van der Waals surface area contributed by atoms with Crippen LogP contribution in [0.2, 0.25) is 0 Å². The van der Waals surface area contributed by atoms with Crippen LogP contribution in [0.1, 0.15) is 233 Å². The summed E-state index contributed by atoms with van der Waals surface area (Å²) in [5, 5.41) is 0. The maximum Gasteiger partial charge on any atom is 0.306 e. The van der Waals surface area contributed by atoms with Gasteiger partial charge in [-0.15, -0.1) is 0 Å². The lowest BCUT2D eigenvalue weighted by Gasteiger charge is -2.18. The first-order chi connectivity index (χ1) is 29.5. The summed E-state index contributed by atoms with van der Waals surface area (Å²) in [4.78, 5) is 37.8. The Balaban J connectivity index is 4.45. The molecule has 0 radical (unpaired) electrons. The molecule has 344 valence electrons. The molecule has 6 nitrogen and oxygen atoms in total. The Kier molecular flexibility index (Phi) is 46.0. The minimum absolute atomic E-state index is 0.0936. The number of rotatable bonds is 44. The van der Waals surface area contributed by atoms with Gasteiger partial charge in [0.15, 0.2) is 6.10 Å². The molecule has 0 amide bonds. The zero-order valence-corrected chi connectivity index (χ0v) is 39.2. The molecule has 1 atom stereocenters. The highest BCUT2D eigenvalue weighted by atomic mass is 16.6. The first kappa shape index (κ1) is 56.9. The van der Waals surface area contributed by atoms with Crippen molar-refractivity contribution in [3.63, 3.8) is 0 Å². The number of unbranched alkanes of at least 4 members (excludes halogenated alkanes) is 21. The van der Waals surface area contributed by atoms with Gasteiger partial charge >= 0.3 is 17.9 Å². The molecule has 0 N–H and O–H groups in total. The van der Waals surface area contributed by atoms with Crippen LogP contribution in [-0.4, -0.2) is 37.2 Å². The molecule has 0 aliphatic rings. The normalized spacial score (nSPS) is 12.7. The fourth-order valence-corrected chi connectivity index (χ4v) is 6.71. The maximum atomic E-state index is 12.8. The van der Waals surface area contributed by atoms with Crippen molar-refractivity contribution in [3.8, 4) is 0 Å². The van der Waals surface area contributed by atoms with Gasteiger partial charge < -0.3 is 14.2 Å². The molecule has 60 heavy (non-hydrogen) atoms. The molecule has 0 bridgehead atoms. The van der Waals surface area contributed by atoms with Gasteiger partial charge in [0.1, 0.15) is 13.2 Å². The van der Waals surface area contributed by atoms with Crippen LogP contribution in [0.4, 0.5) is 0 Å². The number of ether oxygens (including phenoxy) is 3. The van der Waals surface area contributed by atoms with Crippen LogP contribution in [0.25, 0.3) is 0 Å². The van der Waals surface area contributed by atoms with Crippen molar-refractivity contribution in [2.45, 2.75) is 239 Å². The second kappa shape index (κ2) is 48.5. The van der Waals surface area contributed by atoms with Crippen LogP contribution in [0.5, 0.6) is 0 Å². The van der Waals surface area contributed by atoms with E-state index in [1.54, 1.807) is 0 Å². The number of carbonyl (C=O) groups excluding carboxylic acids is 3. The molecule has 0 aromatic carbocycles. The third-order valence-electron chi connectivity index (χ3n) is 10.4. The van der Waals surface area contributed by atoms with E-state index in [2.05, 4.69) is 93.7 Å². The predicted molar refractivity (Wildman–Crippen MR) is 256 cm³/mol. The third kappa shape index (κ3) is 45.9. The van der Waals surface area contributed by atoms with Crippen LogP contribution in [0.15, 0.2) is 72.9 Å². The minimum Gasteiger partial charge on any atom is -0.462 e. The number of esters is 3. The highest BCUT2D eigenvalue weighted by molar-refractivity contribution is 5.71. The van der Waals surface area contributed by atoms with E-state index >= 15 is 0 Å². The first-order valence-corrected chi connectivity index (χ1v) is 24.9. The first-order valence-electron chi connectivity index (χ1n) is 24.9. The molecular formula is C54H92O6. The van der Waals surface area contributed by atoms with E-state index in [1.165, 1.54) is 109 Å². The van der Waals surface area contributed by atoms with Crippen LogP contribution in [0, 0.1) is 0 Å². The summed E-state index contributed by atoms with van der Waals surface area (Å²) in [6, 6.07) is 0. The molecule has 0 aromatic heterocycles. The molecule has 0 aromatic rings. The molecule has 0 fully saturated rings. The zero-order valence-electron chi connectivity index (χ0n) is 39.2. The van der Waals surface area contributed by atoms with Gasteiger partial charge in [0, 0.05) is 19.3 Å². The summed E-state index contributed by atoms with van der Waals surface area (Å²) >= 11 is 0. The Labute approximate surface area is 370 Å². The van der Waals surface area contributed by atoms with Crippen LogP contribution >= 0.6 is 0 Å². The maximum absolute atomic E-state index is 12.8. The minimum atomic E-state index is -0.797. The van der Waals surface area contributed by atoms with Crippen LogP contribution in [-0.2, 0) is 28.6 Å². The van der Waals surface area contributed by atoms with E-state index in [0.717, 1.165) is 77.0 Å². The lowest BCUT2D eigenvalue weighted by molar-refractivity contribution is -0.167. The van der Waals surface area contributed by atoms with Gasteiger partial charge in [-0.1, -0.05) is 203 Å². The average Bonchev–Trinajstić information content (AvgIpc) is 3.24. The molecule has 6 heteroatoms. The Morgan fingerprint density at radius 2 is 0.667 bits per heavy atom. The number of carbonyl (C=O) groups is 3.